The topological polar surface area (TPSA) is 41.1 Å². The third kappa shape index (κ3) is 3.52. The standard InChI is InChI=1S/C14H18N4S/c1-2-8-18(7-1)10-12-3-5-13(6-4-12)15-9-14-11-19-17-16-14/h3-6,11,15H,1-2,7-10H2. The number of benzene rings is 1. The Bertz CT molecular complexity index is 489. The fourth-order valence-electron chi connectivity index (χ4n) is 2.38. The lowest BCUT2D eigenvalue weighted by atomic mass is 10.2. The Morgan fingerprint density at radius 1 is 1.16 bits per heavy atom. The maximum absolute atomic E-state index is 4.02. The molecule has 3 rings (SSSR count). The zero-order chi connectivity index (χ0) is 12.9. The second-order valence-electron chi connectivity index (χ2n) is 4.93. The molecule has 5 heteroatoms. The molecular weight excluding hydrogens is 256 g/mol. The molecule has 1 saturated heterocycles. The van der Waals surface area contributed by atoms with E-state index in [1.165, 1.54) is 43.0 Å². The maximum atomic E-state index is 4.02. The Hall–Kier alpha value is -1.46. The molecule has 0 bridgehead atoms. The van der Waals surface area contributed by atoms with Crippen molar-refractivity contribution >= 4 is 17.2 Å². The summed E-state index contributed by atoms with van der Waals surface area (Å²) in [5.41, 5.74) is 3.52. The van der Waals surface area contributed by atoms with E-state index in [9.17, 15) is 0 Å². The van der Waals surface area contributed by atoms with Crippen LogP contribution in [0, 0.1) is 0 Å². The second kappa shape index (κ2) is 6.12. The van der Waals surface area contributed by atoms with E-state index < -0.39 is 0 Å². The summed E-state index contributed by atoms with van der Waals surface area (Å²) in [5, 5.41) is 9.34. The van der Waals surface area contributed by atoms with Crippen LogP contribution in [0.3, 0.4) is 0 Å². The van der Waals surface area contributed by atoms with Gasteiger partial charge in [-0.15, -0.1) is 5.10 Å². The van der Waals surface area contributed by atoms with Crippen molar-refractivity contribution in [2.45, 2.75) is 25.9 Å². The van der Waals surface area contributed by atoms with Crippen LogP contribution in [0.4, 0.5) is 5.69 Å². The predicted octanol–water partition coefficient (Wildman–Crippen LogP) is 2.75. The van der Waals surface area contributed by atoms with Crippen LogP contribution >= 0.6 is 11.5 Å². The monoisotopic (exact) mass is 274 g/mol. The number of nitrogens with one attached hydrogen (secondary N) is 1. The van der Waals surface area contributed by atoms with Gasteiger partial charge in [-0.05, 0) is 55.2 Å². The average Bonchev–Trinajstić information content (AvgIpc) is 3.11. The molecule has 1 N–H and O–H groups in total. The Labute approximate surface area is 117 Å². The highest BCUT2D eigenvalue weighted by Gasteiger charge is 2.11. The second-order valence-corrected chi connectivity index (χ2v) is 5.54. The van der Waals surface area contributed by atoms with Crippen LogP contribution in [0.5, 0.6) is 0 Å². The lowest BCUT2D eigenvalue weighted by Crippen LogP contribution is -2.18. The first-order valence-corrected chi connectivity index (χ1v) is 7.55. The third-order valence-electron chi connectivity index (χ3n) is 3.44. The number of rotatable bonds is 5. The molecule has 2 aromatic rings. The SMILES string of the molecule is c1cc(NCc2csnn2)ccc1CN1CCCC1. The molecule has 1 aliphatic rings. The number of hydrogen-bond acceptors (Lipinski definition) is 5. The molecule has 100 valence electrons. The van der Waals surface area contributed by atoms with E-state index in [4.69, 9.17) is 0 Å². The van der Waals surface area contributed by atoms with Crippen LogP contribution < -0.4 is 5.32 Å². The molecule has 1 fully saturated rings. The van der Waals surface area contributed by atoms with Gasteiger partial charge >= 0.3 is 0 Å². The molecule has 2 heterocycles. The summed E-state index contributed by atoms with van der Waals surface area (Å²) in [5.74, 6) is 0. The van der Waals surface area contributed by atoms with Crippen LogP contribution in [-0.4, -0.2) is 27.6 Å². The highest BCUT2D eigenvalue weighted by Crippen LogP contribution is 2.15. The van der Waals surface area contributed by atoms with E-state index in [1.807, 2.05) is 5.38 Å². The van der Waals surface area contributed by atoms with Gasteiger partial charge in [0.05, 0.1) is 12.2 Å². The molecular formula is C14H18N4S. The third-order valence-corrected chi connectivity index (χ3v) is 3.99. The van der Waals surface area contributed by atoms with Crippen LogP contribution in [0.15, 0.2) is 29.6 Å². The van der Waals surface area contributed by atoms with Crippen LogP contribution in [-0.2, 0) is 13.1 Å². The van der Waals surface area contributed by atoms with Crippen molar-refractivity contribution in [2.24, 2.45) is 0 Å². The zero-order valence-corrected chi connectivity index (χ0v) is 11.7. The Kier molecular flexibility index (Phi) is 4.05. The van der Waals surface area contributed by atoms with Gasteiger partial charge in [-0.1, -0.05) is 16.6 Å². The largest absolute Gasteiger partial charge is 0.379 e. The van der Waals surface area contributed by atoms with E-state index in [-0.39, 0.29) is 0 Å². The van der Waals surface area contributed by atoms with Crippen LogP contribution in [0.1, 0.15) is 24.1 Å². The Balaban J connectivity index is 1.53. The molecule has 1 aromatic carbocycles. The fourth-order valence-corrected chi connectivity index (χ4v) is 2.83. The molecule has 1 aliphatic heterocycles. The van der Waals surface area contributed by atoms with Crippen molar-refractivity contribution < 1.29 is 0 Å². The summed E-state index contributed by atoms with van der Waals surface area (Å²) < 4.78 is 3.85. The summed E-state index contributed by atoms with van der Waals surface area (Å²) in [6, 6.07) is 8.70. The summed E-state index contributed by atoms with van der Waals surface area (Å²) in [4.78, 5) is 2.52. The van der Waals surface area contributed by atoms with Gasteiger partial charge in [-0.3, -0.25) is 4.90 Å². The molecule has 19 heavy (non-hydrogen) atoms. The molecule has 0 amide bonds. The number of hydrogen-bond donors (Lipinski definition) is 1. The summed E-state index contributed by atoms with van der Waals surface area (Å²) in [6.07, 6.45) is 2.70. The highest BCUT2D eigenvalue weighted by molar-refractivity contribution is 7.03. The van der Waals surface area contributed by atoms with Gasteiger partial charge in [0.25, 0.3) is 0 Å². The predicted molar refractivity (Wildman–Crippen MR) is 78.2 cm³/mol. The molecule has 0 atom stereocenters. The van der Waals surface area contributed by atoms with Crippen molar-refractivity contribution in [3.8, 4) is 0 Å². The van der Waals surface area contributed by atoms with Crippen molar-refractivity contribution in [3.63, 3.8) is 0 Å². The average molecular weight is 274 g/mol. The van der Waals surface area contributed by atoms with Gasteiger partial charge in [0, 0.05) is 17.6 Å². The summed E-state index contributed by atoms with van der Waals surface area (Å²) >= 11 is 1.39. The van der Waals surface area contributed by atoms with Gasteiger partial charge in [0.15, 0.2) is 0 Å². The van der Waals surface area contributed by atoms with Gasteiger partial charge < -0.3 is 5.32 Å². The lowest BCUT2D eigenvalue weighted by molar-refractivity contribution is 0.331. The highest BCUT2D eigenvalue weighted by atomic mass is 32.1. The van der Waals surface area contributed by atoms with E-state index in [2.05, 4.69) is 44.1 Å². The molecule has 0 saturated carbocycles. The van der Waals surface area contributed by atoms with E-state index in [0.29, 0.717) is 0 Å². The number of aromatic nitrogens is 2. The first-order valence-electron chi connectivity index (χ1n) is 6.71. The number of nitrogens with zero attached hydrogens (tertiary/aromatic N) is 3. The minimum Gasteiger partial charge on any atom is -0.379 e. The van der Waals surface area contributed by atoms with Gasteiger partial charge in [0.1, 0.15) is 0 Å². The normalized spacial score (nSPS) is 15.8. The maximum Gasteiger partial charge on any atom is 0.0946 e. The lowest BCUT2D eigenvalue weighted by Gasteiger charge is -2.14. The van der Waals surface area contributed by atoms with E-state index in [1.54, 1.807) is 0 Å². The quantitative estimate of drug-likeness (QED) is 0.910. The molecule has 0 aliphatic carbocycles. The van der Waals surface area contributed by atoms with Crippen LogP contribution in [0.25, 0.3) is 0 Å². The molecule has 0 spiro atoms. The minimum atomic E-state index is 0.738. The van der Waals surface area contributed by atoms with Gasteiger partial charge in [0.2, 0.25) is 0 Å². The van der Waals surface area contributed by atoms with E-state index >= 15 is 0 Å². The summed E-state index contributed by atoms with van der Waals surface area (Å²) in [7, 11) is 0. The zero-order valence-electron chi connectivity index (χ0n) is 10.9. The smallest absolute Gasteiger partial charge is 0.0946 e. The van der Waals surface area contributed by atoms with E-state index in [0.717, 1.165) is 24.5 Å². The van der Waals surface area contributed by atoms with Crippen LogP contribution in [0.2, 0.25) is 0 Å². The van der Waals surface area contributed by atoms with Crippen molar-refractivity contribution in [2.75, 3.05) is 18.4 Å². The first kappa shape index (κ1) is 12.6. The first-order chi connectivity index (χ1) is 9.40. The fraction of sp³-hybridized carbons (Fsp3) is 0.429. The summed E-state index contributed by atoms with van der Waals surface area (Å²) in [6.45, 7) is 4.31. The molecule has 1 aromatic heterocycles. The minimum absolute atomic E-state index is 0.738. The van der Waals surface area contributed by atoms with Gasteiger partial charge in [-0.2, -0.15) is 0 Å². The number of likely N-dealkylation sites (tertiary alicyclic amines) is 1. The van der Waals surface area contributed by atoms with Crippen molar-refractivity contribution in [1.29, 1.82) is 0 Å². The van der Waals surface area contributed by atoms with Crippen molar-refractivity contribution in [3.05, 3.63) is 40.9 Å². The van der Waals surface area contributed by atoms with Crippen molar-refractivity contribution in [1.82, 2.24) is 14.5 Å². The number of anilines is 1. The van der Waals surface area contributed by atoms with Gasteiger partial charge in [-0.25, -0.2) is 0 Å². The Morgan fingerprint density at radius 3 is 2.63 bits per heavy atom. The molecule has 4 nitrogen and oxygen atoms in total. The molecule has 0 radical (unpaired) electrons. The Morgan fingerprint density at radius 2 is 1.95 bits per heavy atom. The molecule has 0 unspecified atom stereocenters.